The van der Waals surface area contributed by atoms with Gasteiger partial charge in [-0.15, -0.1) is 0 Å². The number of pyridine rings is 1. The van der Waals surface area contributed by atoms with E-state index in [1.165, 1.54) is 0 Å². The fourth-order valence-corrected chi connectivity index (χ4v) is 2.51. The first-order valence-corrected chi connectivity index (χ1v) is 6.43. The summed E-state index contributed by atoms with van der Waals surface area (Å²) in [6.45, 7) is 0. The topological polar surface area (TPSA) is 66.0 Å². The summed E-state index contributed by atoms with van der Waals surface area (Å²) >= 11 is 3.46. The number of methoxy groups -OCH3 is 1. The molecule has 0 bridgehead atoms. The predicted molar refractivity (Wildman–Crippen MR) is 77.5 cm³/mol. The van der Waals surface area contributed by atoms with Crippen LogP contribution in [0.4, 0.5) is 5.95 Å². The molecule has 2 heterocycles. The molecular formula is C13H11BrN4O. The van der Waals surface area contributed by atoms with Crippen molar-refractivity contribution in [3.63, 3.8) is 0 Å². The summed E-state index contributed by atoms with van der Waals surface area (Å²) < 4.78 is 7.87. The lowest BCUT2D eigenvalue weighted by Crippen LogP contribution is -2.01. The van der Waals surface area contributed by atoms with E-state index in [1.807, 2.05) is 30.3 Å². The number of hydrogen-bond acceptors (Lipinski definition) is 4. The van der Waals surface area contributed by atoms with Gasteiger partial charge in [-0.25, -0.2) is 9.97 Å². The van der Waals surface area contributed by atoms with Gasteiger partial charge in [0.15, 0.2) is 5.65 Å². The molecule has 0 atom stereocenters. The Morgan fingerprint density at radius 1 is 1.32 bits per heavy atom. The van der Waals surface area contributed by atoms with E-state index >= 15 is 0 Å². The first-order valence-electron chi connectivity index (χ1n) is 5.63. The molecule has 19 heavy (non-hydrogen) atoms. The number of nitrogens with zero attached hydrogens (tertiary/aromatic N) is 3. The van der Waals surface area contributed by atoms with E-state index in [0.29, 0.717) is 5.95 Å². The van der Waals surface area contributed by atoms with Crippen LogP contribution in [0.3, 0.4) is 0 Å². The van der Waals surface area contributed by atoms with Gasteiger partial charge in [0.2, 0.25) is 5.95 Å². The van der Waals surface area contributed by atoms with Crippen LogP contribution in [0.5, 0.6) is 5.75 Å². The Kier molecular flexibility index (Phi) is 2.87. The van der Waals surface area contributed by atoms with Crippen LogP contribution < -0.4 is 10.5 Å². The van der Waals surface area contributed by atoms with Crippen LogP contribution in [0, 0.1) is 0 Å². The van der Waals surface area contributed by atoms with Crippen LogP contribution in [0.2, 0.25) is 0 Å². The molecule has 6 heteroatoms. The Morgan fingerprint density at radius 3 is 2.89 bits per heavy atom. The monoisotopic (exact) mass is 318 g/mol. The molecule has 1 aromatic carbocycles. The molecule has 0 saturated carbocycles. The average molecular weight is 319 g/mol. The molecule has 96 valence electrons. The van der Waals surface area contributed by atoms with Crippen molar-refractivity contribution in [1.82, 2.24) is 14.5 Å². The lowest BCUT2D eigenvalue weighted by molar-refractivity contribution is 0.412. The maximum atomic E-state index is 5.97. The van der Waals surface area contributed by atoms with Crippen LogP contribution in [0.25, 0.3) is 16.9 Å². The minimum Gasteiger partial charge on any atom is -0.496 e. The third-order valence-electron chi connectivity index (χ3n) is 2.84. The number of hydrogen-bond donors (Lipinski definition) is 1. The largest absolute Gasteiger partial charge is 0.496 e. The van der Waals surface area contributed by atoms with Gasteiger partial charge in [0, 0.05) is 6.20 Å². The highest BCUT2D eigenvalue weighted by Crippen LogP contribution is 2.29. The third kappa shape index (κ3) is 1.94. The minimum absolute atomic E-state index is 0.408. The van der Waals surface area contributed by atoms with Crippen molar-refractivity contribution >= 4 is 33.0 Å². The molecule has 5 nitrogen and oxygen atoms in total. The lowest BCUT2D eigenvalue weighted by Gasteiger charge is -2.08. The average Bonchev–Trinajstić information content (AvgIpc) is 2.74. The van der Waals surface area contributed by atoms with Crippen LogP contribution in [-0.4, -0.2) is 21.6 Å². The molecule has 0 spiro atoms. The maximum absolute atomic E-state index is 5.97. The molecule has 0 aliphatic carbocycles. The highest BCUT2D eigenvalue weighted by atomic mass is 79.9. The first kappa shape index (κ1) is 12.0. The van der Waals surface area contributed by atoms with Crippen molar-refractivity contribution in [3.8, 4) is 11.4 Å². The SMILES string of the molecule is COc1ccc(-n2c(N)nc3cccnc32)cc1Br. The van der Waals surface area contributed by atoms with Gasteiger partial charge in [0.25, 0.3) is 0 Å². The molecule has 3 rings (SSSR count). The summed E-state index contributed by atoms with van der Waals surface area (Å²) in [4.78, 5) is 8.62. The molecule has 3 aromatic rings. The zero-order valence-corrected chi connectivity index (χ0v) is 11.8. The number of nitrogens with two attached hydrogens (primary N) is 1. The standard InChI is InChI=1S/C13H11BrN4O/c1-19-11-5-4-8(7-9(11)14)18-12-10(17-13(18)15)3-2-6-16-12/h2-7H,1H3,(H2,15,17). The number of aromatic nitrogens is 3. The van der Waals surface area contributed by atoms with Crippen molar-refractivity contribution in [2.75, 3.05) is 12.8 Å². The van der Waals surface area contributed by atoms with Gasteiger partial charge in [-0.05, 0) is 46.3 Å². The summed E-state index contributed by atoms with van der Waals surface area (Å²) in [6.07, 6.45) is 1.72. The summed E-state index contributed by atoms with van der Waals surface area (Å²) in [5.74, 6) is 1.17. The Balaban J connectivity index is 2.24. The van der Waals surface area contributed by atoms with Crippen LogP contribution in [-0.2, 0) is 0 Å². The maximum Gasteiger partial charge on any atom is 0.207 e. The van der Waals surface area contributed by atoms with E-state index in [2.05, 4.69) is 25.9 Å². The molecule has 0 saturated heterocycles. The van der Waals surface area contributed by atoms with Crippen molar-refractivity contribution in [3.05, 3.63) is 41.0 Å². The van der Waals surface area contributed by atoms with E-state index < -0.39 is 0 Å². The smallest absolute Gasteiger partial charge is 0.207 e. The van der Waals surface area contributed by atoms with Gasteiger partial charge in [0.1, 0.15) is 11.3 Å². The fourth-order valence-electron chi connectivity index (χ4n) is 1.98. The number of anilines is 1. The zero-order valence-electron chi connectivity index (χ0n) is 10.2. The molecule has 0 radical (unpaired) electrons. The Hall–Kier alpha value is -2.08. The second-order valence-electron chi connectivity index (χ2n) is 3.97. The van der Waals surface area contributed by atoms with Crippen molar-refractivity contribution in [1.29, 1.82) is 0 Å². The number of benzene rings is 1. The number of halogens is 1. The van der Waals surface area contributed by atoms with Crippen LogP contribution in [0.1, 0.15) is 0 Å². The second-order valence-corrected chi connectivity index (χ2v) is 4.82. The number of nitrogen functional groups attached to an aromatic ring is 1. The molecule has 2 N–H and O–H groups in total. The van der Waals surface area contributed by atoms with Gasteiger partial charge >= 0.3 is 0 Å². The normalized spacial score (nSPS) is 10.8. The summed E-state index contributed by atoms with van der Waals surface area (Å²) in [5.41, 5.74) is 8.36. The molecule has 0 unspecified atom stereocenters. The molecule has 2 aromatic heterocycles. The molecule has 0 aliphatic rings. The molecule has 0 amide bonds. The third-order valence-corrected chi connectivity index (χ3v) is 3.46. The summed E-state index contributed by atoms with van der Waals surface area (Å²) in [7, 11) is 1.63. The zero-order chi connectivity index (χ0) is 13.4. The number of rotatable bonds is 2. The van der Waals surface area contributed by atoms with Crippen LogP contribution in [0.15, 0.2) is 41.0 Å². The first-order chi connectivity index (χ1) is 9.20. The van der Waals surface area contributed by atoms with E-state index in [9.17, 15) is 0 Å². The van der Waals surface area contributed by atoms with E-state index in [0.717, 1.165) is 27.1 Å². The van der Waals surface area contributed by atoms with Crippen molar-refractivity contribution < 1.29 is 4.74 Å². The molecule has 0 aliphatic heterocycles. The van der Waals surface area contributed by atoms with Gasteiger partial charge in [0.05, 0.1) is 17.3 Å². The highest BCUT2D eigenvalue weighted by Gasteiger charge is 2.12. The Bertz CT molecular complexity index is 753. The molecule has 0 fully saturated rings. The van der Waals surface area contributed by atoms with Gasteiger partial charge in [-0.1, -0.05) is 0 Å². The summed E-state index contributed by atoms with van der Waals surface area (Å²) in [6, 6.07) is 9.42. The van der Waals surface area contributed by atoms with E-state index in [4.69, 9.17) is 10.5 Å². The number of fused-ring (bicyclic) bond motifs is 1. The lowest BCUT2D eigenvalue weighted by atomic mass is 10.3. The van der Waals surface area contributed by atoms with E-state index in [-0.39, 0.29) is 0 Å². The van der Waals surface area contributed by atoms with Crippen molar-refractivity contribution in [2.24, 2.45) is 0 Å². The second kappa shape index (κ2) is 4.55. The fraction of sp³-hybridized carbons (Fsp3) is 0.0769. The Labute approximate surface area is 118 Å². The minimum atomic E-state index is 0.408. The quantitative estimate of drug-likeness (QED) is 0.789. The Morgan fingerprint density at radius 2 is 2.16 bits per heavy atom. The van der Waals surface area contributed by atoms with Gasteiger partial charge < -0.3 is 10.5 Å². The van der Waals surface area contributed by atoms with E-state index in [1.54, 1.807) is 17.9 Å². The van der Waals surface area contributed by atoms with Gasteiger partial charge in [-0.3, -0.25) is 4.57 Å². The van der Waals surface area contributed by atoms with Gasteiger partial charge in [-0.2, -0.15) is 0 Å². The van der Waals surface area contributed by atoms with Crippen molar-refractivity contribution in [2.45, 2.75) is 0 Å². The highest BCUT2D eigenvalue weighted by molar-refractivity contribution is 9.10. The molecular weight excluding hydrogens is 308 g/mol. The summed E-state index contributed by atoms with van der Waals surface area (Å²) in [5, 5.41) is 0. The number of ether oxygens (including phenoxy) is 1. The predicted octanol–water partition coefficient (Wildman–Crippen LogP) is 2.77. The number of imidazole rings is 1. The van der Waals surface area contributed by atoms with Crippen LogP contribution >= 0.6 is 15.9 Å².